The molecule has 6 nitrogen and oxygen atoms in total. The zero-order chi connectivity index (χ0) is 14.9. The van der Waals surface area contributed by atoms with E-state index in [-0.39, 0.29) is 4.90 Å². The molecule has 20 heavy (non-hydrogen) atoms. The van der Waals surface area contributed by atoms with Crippen molar-refractivity contribution in [2.75, 3.05) is 0 Å². The summed E-state index contributed by atoms with van der Waals surface area (Å²) in [5, 5.41) is 18.3. The fourth-order valence-corrected chi connectivity index (χ4v) is 3.62. The molecule has 1 aliphatic carbocycles. The third-order valence-electron chi connectivity index (χ3n) is 3.41. The van der Waals surface area contributed by atoms with Crippen LogP contribution >= 0.6 is 0 Å². The van der Waals surface area contributed by atoms with Crippen molar-refractivity contribution in [1.29, 1.82) is 0 Å². The van der Waals surface area contributed by atoms with Crippen LogP contribution in [-0.4, -0.2) is 36.7 Å². The average molecular weight is 299 g/mol. The molecule has 3 N–H and O–H groups in total. The Hall–Kier alpha value is -1.44. The number of benzene rings is 1. The van der Waals surface area contributed by atoms with E-state index in [0.29, 0.717) is 0 Å². The summed E-state index contributed by atoms with van der Waals surface area (Å²) in [6, 6.07) is 3.24. The summed E-state index contributed by atoms with van der Waals surface area (Å²) in [5.41, 5.74) is 2.12. The Labute approximate surface area is 117 Å². The van der Waals surface area contributed by atoms with Gasteiger partial charge in [-0.3, -0.25) is 4.79 Å². The van der Waals surface area contributed by atoms with Gasteiger partial charge in [0.05, 0.1) is 11.0 Å². The molecular formula is C13H17NO5S. The molecule has 0 unspecified atom stereocenters. The zero-order valence-corrected chi connectivity index (χ0v) is 11.9. The molecule has 0 bridgehead atoms. The largest absolute Gasteiger partial charge is 0.480 e. The van der Waals surface area contributed by atoms with Crippen LogP contribution in [0.5, 0.6) is 0 Å². The zero-order valence-electron chi connectivity index (χ0n) is 11.0. The predicted molar refractivity (Wildman–Crippen MR) is 71.9 cm³/mol. The molecule has 1 aromatic carbocycles. The summed E-state index contributed by atoms with van der Waals surface area (Å²) in [5.74, 6) is -1.41. The second kappa shape index (κ2) is 5.51. The molecule has 0 amide bonds. The third-order valence-corrected chi connectivity index (χ3v) is 4.85. The van der Waals surface area contributed by atoms with Crippen molar-refractivity contribution in [2.24, 2.45) is 0 Å². The van der Waals surface area contributed by atoms with E-state index in [1.807, 2.05) is 4.72 Å². The van der Waals surface area contributed by atoms with E-state index < -0.39 is 28.1 Å². The van der Waals surface area contributed by atoms with E-state index in [0.717, 1.165) is 30.4 Å². The van der Waals surface area contributed by atoms with Crippen LogP contribution in [-0.2, 0) is 27.7 Å². The van der Waals surface area contributed by atoms with Gasteiger partial charge in [-0.15, -0.1) is 0 Å². The Balaban J connectivity index is 2.28. The number of aliphatic hydroxyl groups is 1. The monoisotopic (exact) mass is 299 g/mol. The summed E-state index contributed by atoms with van der Waals surface area (Å²) < 4.78 is 26.4. The summed E-state index contributed by atoms with van der Waals surface area (Å²) >= 11 is 0. The van der Waals surface area contributed by atoms with Gasteiger partial charge in [-0.05, 0) is 49.4 Å². The van der Waals surface area contributed by atoms with E-state index in [9.17, 15) is 18.3 Å². The van der Waals surface area contributed by atoms with Crippen molar-refractivity contribution in [3.05, 3.63) is 29.3 Å². The first kappa shape index (κ1) is 15.0. The van der Waals surface area contributed by atoms with Gasteiger partial charge in [0, 0.05) is 0 Å². The maximum absolute atomic E-state index is 12.2. The van der Waals surface area contributed by atoms with Gasteiger partial charge < -0.3 is 10.2 Å². The lowest BCUT2D eigenvalue weighted by Crippen LogP contribution is -2.47. The summed E-state index contributed by atoms with van der Waals surface area (Å²) in [6.45, 7) is 1.23. The first-order valence-electron chi connectivity index (χ1n) is 6.36. The standard InChI is InChI=1S/C13H17NO5S/c1-8(15)12(13(16)17)14-20(18,19)11-6-5-9-3-2-4-10(9)7-11/h5-8,12,14-15H,2-4H2,1H3,(H,16,17)/t8-,12+/m1/s1. The number of carbonyl (C=O) groups is 1. The van der Waals surface area contributed by atoms with Gasteiger partial charge in [-0.25, -0.2) is 8.42 Å². The van der Waals surface area contributed by atoms with Gasteiger partial charge >= 0.3 is 5.97 Å². The number of hydrogen-bond acceptors (Lipinski definition) is 4. The normalized spacial score (nSPS) is 17.5. The van der Waals surface area contributed by atoms with Crippen LogP contribution in [0.3, 0.4) is 0 Å². The molecule has 0 radical (unpaired) electrons. The highest BCUT2D eigenvalue weighted by molar-refractivity contribution is 7.89. The lowest BCUT2D eigenvalue weighted by atomic mass is 10.1. The SMILES string of the molecule is C[C@@H](O)[C@H](NS(=O)(=O)c1ccc2c(c1)CCC2)C(=O)O. The Morgan fingerprint density at radius 1 is 1.30 bits per heavy atom. The smallest absolute Gasteiger partial charge is 0.324 e. The number of rotatable bonds is 5. The van der Waals surface area contributed by atoms with Crippen LogP contribution in [0.1, 0.15) is 24.5 Å². The van der Waals surface area contributed by atoms with Gasteiger partial charge in [0.1, 0.15) is 6.04 Å². The number of hydrogen-bond donors (Lipinski definition) is 3. The summed E-state index contributed by atoms with van der Waals surface area (Å²) in [6.07, 6.45) is 1.45. The minimum Gasteiger partial charge on any atom is -0.480 e. The van der Waals surface area contributed by atoms with Gasteiger partial charge in [0.15, 0.2) is 0 Å². The van der Waals surface area contributed by atoms with Gasteiger partial charge in [0.25, 0.3) is 0 Å². The number of carboxylic acids is 1. The van der Waals surface area contributed by atoms with Crippen LogP contribution in [0.25, 0.3) is 0 Å². The number of carboxylic acid groups (broad SMARTS) is 1. The van der Waals surface area contributed by atoms with E-state index >= 15 is 0 Å². The predicted octanol–water partition coefficient (Wildman–Crippen LogP) is 0.288. The molecule has 0 aromatic heterocycles. The van der Waals surface area contributed by atoms with Crippen LogP contribution in [0.15, 0.2) is 23.1 Å². The lowest BCUT2D eigenvalue weighted by molar-refractivity contribution is -0.141. The second-order valence-corrected chi connectivity index (χ2v) is 6.68. The number of aliphatic hydroxyl groups excluding tert-OH is 1. The fourth-order valence-electron chi connectivity index (χ4n) is 2.31. The molecule has 0 spiro atoms. The molecule has 1 aromatic rings. The van der Waals surface area contributed by atoms with Crippen LogP contribution in [0.4, 0.5) is 0 Å². The van der Waals surface area contributed by atoms with Crippen LogP contribution in [0.2, 0.25) is 0 Å². The van der Waals surface area contributed by atoms with Crippen molar-refractivity contribution in [3.63, 3.8) is 0 Å². The topological polar surface area (TPSA) is 104 Å². The Bertz CT molecular complexity index is 624. The Morgan fingerprint density at radius 2 is 1.95 bits per heavy atom. The van der Waals surface area contributed by atoms with Crippen molar-refractivity contribution in [3.8, 4) is 0 Å². The third kappa shape index (κ3) is 3.00. The molecule has 1 aliphatic rings. The lowest BCUT2D eigenvalue weighted by Gasteiger charge is -2.17. The van der Waals surface area contributed by atoms with Gasteiger partial charge in [0.2, 0.25) is 10.0 Å². The highest BCUT2D eigenvalue weighted by Gasteiger charge is 2.29. The van der Waals surface area contributed by atoms with Crippen LogP contribution in [0, 0.1) is 0 Å². The molecule has 7 heteroatoms. The number of aryl methyl sites for hydroxylation is 2. The first-order chi connectivity index (χ1) is 9.31. The fraction of sp³-hybridized carbons (Fsp3) is 0.462. The van der Waals surface area contributed by atoms with Crippen LogP contribution < -0.4 is 4.72 Å². The van der Waals surface area contributed by atoms with E-state index in [1.165, 1.54) is 13.0 Å². The molecule has 2 atom stereocenters. The van der Waals surface area contributed by atoms with E-state index in [2.05, 4.69) is 0 Å². The number of nitrogens with one attached hydrogen (secondary N) is 1. The van der Waals surface area contributed by atoms with Gasteiger partial charge in [-0.1, -0.05) is 6.07 Å². The van der Waals surface area contributed by atoms with Crippen molar-refractivity contribution < 1.29 is 23.4 Å². The first-order valence-corrected chi connectivity index (χ1v) is 7.84. The van der Waals surface area contributed by atoms with Crippen molar-refractivity contribution in [1.82, 2.24) is 4.72 Å². The molecule has 0 fully saturated rings. The van der Waals surface area contributed by atoms with Crippen molar-refractivity contribution >= 4 is 16.0 Å². The molecule has 0 heterocycles. The number of fused-ring (bicyclic) bond motifs is 1. The van der Waals surface area contributed by atoms with E-state index in [1.54, 1.807) is 12.1 Å². The second-order valence-electron chi connectivity index (χ2n) is 4.96. The minimum atomic E-state index is -3.96. The quantitative estimate of drug-likeness (QED) is 0.725. The highest BCUT2D eigenvalue weighted by Crippen LogP contribution is 2.24. The molecule has 2 rings (SSSR count). The molecular weight excluding hydrogens is 282 g/mol. The average Bonchev–Trinajstić information content (AvgIpc) is 2.82. The molecule has 0 saturated heterocycles. The molecule has 0 aliphatic heterocycles. The molecule has 0 saturated carbocycles. The molecule has 110 valence electrons. The Morgan fingerprint density at radius 3 is 2.55 bits per heavy atom. The van der Waals surface area contributed by atoms with Crippen molar-refractivity contribution in [2.45, 2.75) is 43.2 Å². The van der Waals surface area contributed by atoms with Gasteiger partial charge in [-0.2, -0.15) is 4.72 Å². The number of sulfonamides is 1. The minimum absolute atomic E-state index is 0.0325. The highest BCUT2D eigenvalue weighted by atomic mass is 32.2. The maximum Gasteiger partial charge on any atom is 0.324 e. The summed E-state index contributed by atoms with van der Waals surface area (Å²) in [7, 11) is -3.96. The van der Waals surface area contributed by atoms with E-state index in [4.69, 9.17) is 5.11 Å². The Kier molecular flexibility index (Phi) is 4.12. The number of aliphatic carboxylic acids is 1. The maximum atomic E-state index is 12.2. The summed E-state index contributed by atoms with van der Waals surface area (Å²) in [4.78, 5) is 11.0.